The van der Waals surface area contributed by atoms with Crippen LogP contribution in [0.15, 0.2) is 36.5 Å². The maximum absolute atomic E-state index is 11.9. The van der Waals surface area contributed by atoms with E-state index in [1.165, 1.54) is 0 Å². The summed E-state index contributed by atoms with van der Waals surface area (Å²) in [6.45, 7) is 4.41. The van der Waals surface area contributed by atoms with Gasteiger partial charge in [0, 0.05) is 37.7 Å². The van der Waals surface area contributed by atoms with E-state index in [0.717, 1.165) is 28.9 Å². The highest BCUT2D eigenvalue weighted by Gasteiger charge is 2.22. The largest absolute Gasteiger partial charge is 0.439 e. The van der Waals surface area contributed by atoms with Gasteiger partial charge in [0.05, 0.1) is 0 Å². The number of nitrogens with one attached hydrogen (secondary N) is 2. The van der Waals surface area contributed by atoms with Crippen LogP contribution in [0.4, 0.5) is 0 Å². The summed E-state index contributed by atoms with van der Waals surface area (Å²) in [5, 5.41) is 5.65. The van der Waals surface area contributed by atoms with Gasteiger partial charge >= 0.3 is 0 Å². The number of aromatic nitrogens is 1. The van der Waals surface area contributed by atoms with Crippen LogP contribution in [0.25, 0.3) is 0 Å². The van der Waals surface area contributed by atoms with E-state index in [2.05, 4.69) is 15.6 Å². The van der Waals surface area contributed by atoms with Crippen LogP contribution in [0, 0.1) is 13.8 Å². The van der Waals surface area contributed by atoms with Gasteiger partial charge in [0.25, 0.3) is 0 Å². The monoisotopic (exact) mass is 353 g/mol. The van der Waals surface area contributed by atoms with E-state index in [1.807, 2.05) is 38.1 Å². The first-order chi connectivity index (χ1) is 12.5. The van der Waals surface area contributed by atoms with Gasteiger partial charge in [-0.15, -0.1) is 0 Å². The predicted molar refractivity (Wildman–Crippen MR) is 97.9 cm³/mol. The molecule has 1 fully saturated rings. The third kappa shape index (κ3) is 4.81. The lowest BCUT2D eigenvalue weighted by Crippen LogP contribution is -2.33. The molecule has 2 heterocycles. The highest BCUT2D eigenvalue weighted by atomic mass is 16.5. The number of rotatable bonds is 6. The minimum atomic E-state index is -0.0760. The Morgan fingerprint density at radius 2 is 2.15 bits per heavy atom. The number of carbonyl (C=O) groups excluding carboxylic acids is 2. The molecule has 2 amide bonds. The summed E-state index contributed by atoms with van der Waals surface area (Å²) in [5.41, 5.74) is 3.07. The summed E-state index contributed by atoms with van der Waals surface area (Å²) in [4.78, 5) is 27.4. The van der Waals surface area contributed by atoms with Crippen molar-refractivity contribution in [3.05, 3.63) is 53.2 Å². The first kappa shape index (κ1) is 17.9. The number of pyridine rings is 1. The second kappa shape index (κ2) is 7.99. The third-order valence-electron chi connectivity index (χ3n) is 4.36. The summed E-state index contributed by atoms with van der Waals surface area (Å²) in [6.07, 6.45) is 3.23. The molecule has 1 atom stereocenters. The molecule has 1 aromatic heterocycles. The van der Waals surface area contributed by atoms with E-state index in [9.17, 15) is 9.59 Å². The topological polar surface area (TPSA) is 80.3 Å². The molecule has 1 saturated heterocycles. The van der Waals surface area contributed by atoms with Crippen molar-refractivity contribution in [3.63, 3.8) is 0 Å². The second-order valence-electron chi connectivity index (χ2n) is 6.66. The van der Waals surface area contributed by atoms with Crippen LogP contribution in [-0.4, -0.2) is 22.8 Å². The summed E-state index contributed by atoms with van der Waals surface area (Å²) < 4.78 is 5.83. The number of nitrogens with zero attached hydrogens (tertiary/aromatic N) is 1. The number of ether oxygens (including phenoxy) is 1. The van der Waals surface area contributed by atoms with Crippen molar-refractivity contribution in [2.45, 2.75) is 45.7 Å². The lowest BCUT2D eigenvalue weighted by atomic mass is 10.1. The Balaban J connectivity index is 1.50. The molecule has 0 bridgehead atoms. The van der Waals surface area contributed by atoms with Crippen LogP contribution < -0.4 is 15.4 Å². The van der Waals surface area contributed by atoms with E-state index in [1.54, 1.807) is 12.3 Å². The van der Waals surface area contributed by atoms with Crippen molar-refractivity contribution in [1.29, 1.82) is 0 Å². The van der Waals surface area contributed by atoms with Gasteiger partial charge in [-0.1, -0.05) is 18.2 Å². The molecule has 0 aliphatic carbocycles. The van der Waals surface area contributed by atoms with Crippen LogP contribution >= 0.6 is 0 Å². The number of aryl methyl sites for hydroxylation is 2. The molecule has 6 nitrogen and oxygen atoms in total. The lowest BCUT2D eigenvalue weighted by Gasteiger charge is -2.11. The zero-order valence-electron chi connectivity index (χ0n) is 15.0. The number of benzene rings is 1. The molecular formula is C20H23N3O3. The van der Waals surface area contributed by atoms with E-state index < -0.39 is 0 Å². The van der Waals surface area contributed by atoms with Crippen molar-refractivity contribution in [3.8, 4) is 11.6 Å². The lowest BCUT2D eigenvalue weighted by molar-refractivity contribution is -0.121. The molecule has 1 aliphatic rings. The van der Waals surface area contributed by atoms with Crippen molar-refractivity contribution in [1.82, 2.24) is 15.6 Å². The van der Waals surface area contributed by atoms with Crippen LogP contribution in [0.2, 0.25) is 0 Å². The van der Waals surface area contributed by atoms with Crippen LogP contribution in [0.3, 0.4) is 0 Å². The molecule has 1 aromatic carbocycles. The van der Waals surface area contributed by atoms with E-state index in [-0.39, 0.29) is 17.9 Å². The molecule has 0 saturated carbocycles. The van der Waals surface area contributed by atoms with Gasteiger partial charge in [0.1, 0.15) is 5.75 Å². The Morgan fingerprint density at radius 3 is 2.85 bits per heavy atom. The van der Waals surface area contributed by atoms with Crippen molar-refractivity contribution >= 4 is 11.8 Å². The molecule has 1 unspecified atom stereocenters. The maximum Gasteiger partial charge on any atom is 0.222 e. The molecule has 1 aliphatic heterocycles. The molecule has 2 aromatic rings. The second-order valence-corrected chi connectivity index (χ2v) is 6.66. The molecule has 6 heteroatoms. The number of hydrogen-bond acceptors (Lipinski definition) is 4. The molecule has 0 radical (unpaired) electrons. The fraction of sp³-hybridized carbons (Fsp3) is 0.350. The SMILES string of the molecule is Cc1ccc(C)c(Oc2ccc(CNC(=O)CC3CCC(=O)N3)cn2)c1. The van der Waals surface area contributed by atoms with E-state index >= 15 is 0 Å². The highest BCUT2D eigenvalue weighted by molar-refractivity contribution is 5.81. The number of hydrogen-bond donors (Lipinski definition) is 2. The average Bonchev–Trinajstić information content (AvgIpc) is 3.02. The van der Waals surface area contributed by atoms with Crippen LogP contribution in [-0.2, 0) is 16.1 Å². The van der Waals surface area contributed by atoms with E-state index in [0.29, 0.717) is 25.3 Å². The van der Waals surface area contributed by atoms with Gasteiger partial charge in [-0.3, -0.25) is 9.59 Å². The number of carbonyl (C=O) groups is 2. The predicted octanol–water partition coefficient (Wildman–Crippen LogP) is 2.78. The summed E-state index contributed by atoms with van der Waals surface area (Å²) in [5.74, 6) is 1.25. The Bertz CT molecular complexity index is 802. The minimum Gasteiger partial charge on any atom is -0.439 e. The minimum absolute atomic E-state index is 0.0198. The standard InChI is InChI=1S/C20H23N3O3/c1-13-3-4-14(2)17(9-13)26-20-8-5-15(12-22-20)11-21-19(25)10-16-6-7-18(24)23-16/h3-5,8-9,12,16H,6-7,10-11H2,1-2H3,(H,21,25)(H,23,24). The van der Waals surface area contributed by atoms with E-state index in [4.69, 9.17) is 4.74 Å². The molecule has 0 spiro atoms. The molecule has 136 valence electrons. The summed E-state index contributed by atoms with van der Waals surface area (Å²) in [6, 6.07) is 9.66. The van der Waals surface area contributed by atoms with Gasteiger partial charge in [-0.25, -0.2) is 4.98 Å². The van der Waals surface area contributed by atoms with Crippen molar-refractivity contribution < 1.29 is 14.3 Å². The van der Waals surface area contributed by atoms with Crippen LogP contribution in [0.1, 0.15) is 36.0 Å². The molecule has 3 rings (SSSR count). The zero-order chi connectivity index (χ0) is 18.5. The molecule has 2 N–H and O–H groups in total. The Morgan fingerprint density at radius 1 is 1.31 bits per heavy atom. The third-order valence-corrected chi connectivity index (χ3v) is 4.36. The van der Waals surface area contributed by atoms with Crippen molar-refractivity contribution in [2.24, 2.45) is 0 Å². The fourth-order valence-corrected chi connectivity index (χ4v) is 2.83. The van der Waals surface area contributed by atoms with Gasteiger partial charge in [0.15, 0.2) is 0 Å². The zero-order valence-corrected chi connectivity index (χ0v) is 15.0. The highest BCUT2D eigenvalue weighted by Crippen LogP contribution is 2.24. The quantitative estimate of drug-likeness (QED) is 0.837. The summed E-state index contributed by atoms with van der Waals surface area (Å²) in [7, 11) is 0. The Labute approximate surface area is 153 Å². The molecule has 26 heavy (non-hydrogen) atoms. The normalized spacial score (nSPS) is 16.2. The number of amides is 2. The fourth-order valence-electron chi connectivity index (χ4n) is 2.83. The summed E-state index contributed by atoms with van der Waals surface area (Å²) >= 11 is 0. The smallest absolute Gasteiger partial charge is 0.222 e. The first-order valence-corrected chi connectivity index (χ1v) is 8.76. The van der Waals surface area contributed by atoms with Crippen LogP contribution in [0.5, 0.6) is 11.6 Å². The van der Waals surface area contributed by atoms with Crippen molar-refractivity contribution in [2.75, 3.05) is 0 Å². The Hall–Kier alpha value is -2.89. The molecular weight excluding hydrogens is 330 g/mol. The maximum atomic E-state index is 11.9. The van der Waals surface area contributed by atoms with Gasteiger partial charge in [0.2, 0.25) is 17.7 Å². The van der Waals surface area contributed by atoms with Gasteiger partial charge in [-0.2, -0.15) is 0 Å². The van der Waals surface area contributed by atoms with Gasteiger partial charge < -0.3 is 15.4 Å². The first-order valence-electron chi connectivity index (χ1n) is 8.76. The average molecular weight is 353 g/mol. The Kier molecular flexibility index (Phi) is 5.51. The van der Waals surface area contributed by atoms with Gasteiger partial charge in [-0.05, 0) is 43.0 Å².